The lowest BCUT2D eigenvalue weighted by Crippen LogP contribution is -2.29. The number of aliphatic hydroxyl groups is 1. The standard InChI is InChI=1S/C12H18O2S/c1-10(15-11(2)13)6-9-12(14)7-4-3-5-8-12/h10,14H,3-5,7-8H2,1-2H3. The van der Waals surface area contributed by atoms with E-state index in [0.717, 1.165) is 25.7 Å². The maximum Gasteiger partial charge on any atom is 0.187 e. The van der Waals surface area contributed by atoms with Crippen LogP contribution in [-0.4, -0.2) is 21.1 Å². The second kappa shape index (κ2) is 5.58. The zero-order valence-corrected chi connectivity index (χ0v) is 10.2. The van der Waals surface area contributed by atoms with E-state index in [1.807, 2.05) is 6.92 Å². The average Bonchev–Trinajstić information content (AvgIpc) is 2.15. The summed E-state index contributed by atoms with van der Waals surface area (Å²) in [5.41, 5.74) is -0.788. The van der Waals surface area contributed by atoms with Crippen LogP contribution in [-0.2, 0) is 4.79 Å². The Labute approximate surface area is 95.8 Å². The molecule has 1 fully saturated rings. The minimum Gasteiger partial charge on any atom is -0.378 e. The first-order valence-electron chi connectivity index (χ1n) is 5.44. The van der Waals surface area contributed by atoms with E-state index in [-0.39, 0.29) is 10.4 Å². The fourth-order valence-corrected chi connectivity index (χ4v) is 2.39. The third kappa shape index (κ3) is 4.72. The second-order valence-corrected chi connectivity index (χ2v) is 5.63. The molecule has 0 aromatic rings. The van der Waals surface area contributed by atoms with Gasteiger partial charge in [0.1, 0.15) is 5.60 Å². The Balaban J connectivity index is 2.51. The molecule has 0 amide bonds. The molecule has 1 aliphatic carbocycles. The molecule has 1 rings (SSSR count). The summed E-state index contributed by atoms with van der Waals surface area (Å²) in [6.07, 6.45) is 4.86. The average molecular weight is 226 g/mol. The number of hydrogen-bond acceptors (Lipinski definition) is 3. The zero-order chi connectivity index (χ0) is 11.3. The number of hydrogen-bond donors (Lipinski definition) is 1. The molecular weight excluding hydrogens is 208 g/mol. The highest BCUT2D eigenvalue weighted by atomic mass is 32.2. The summed E-state index contributed by atoms with van der Waals surface area (Å²) in [5, 5.41) is 10.1. The van der Waals surface area contributed by atoms with Gasteiger partial charge in [-0.25, -0.2) is 0 Å². The van der Waals surface area contributed by atoms with Gasteiger partial charge in [-0.15, -0.1) is 0 Å². The first-order valence-corrected chi connectivity index (χ1v) is 6.32. The van der Waals surface area contributed by atoms with Gasteiger partial charge in [-0.2, -0.15) is 0 Å². The summed E-state index contributed by atoms with van der Waals surface area (Å²) in [7, 11) is 0. The lowest BCUT2D eigenvalue weighted by atomic mass is 9.85. The van der Waals surface area contributed by atoms with Crippen molar-refractivity contribution >= 4 is 16.9 Å². The van der Waals surface area contributed by atoms with E-state index in [9.17, 15) is 9.90 Å². The molecular formula is C12H18O2S. The molecule has 1 aliphatic rings. The van der Waals surface area contributed by atoms with Crippen molar-refractivity contribution in [1.82, 2.24) is 0 Å². The molecule has 1 unspecified atom stereocenters. The summed E-state index contributed by atoms with van der Waals surface area (Å²) in [5.74, 6) is 5.90. The van der Waals surface area contributed by atoms with Crippen LogP contribution in [0.25, 0.3) is 0 Å². The van der Waals surface area contributed by atoms with Gasteiger partial charge in [0.2, 0.25) is 0 Å². The van der Waals surface area contributed by atoms with Crippen molar-refractivity contribution in [3.05, 3.63) is 0 Å². The van der Waals surface area contributed by atoms with E-state index in [2.05, 4.69) is 11.8 Å². The number of thioether (sulfide) groups is 1. The molecule has 84 valence electrons. The number of carbonyl (C=O) groups excluding carboxylic acids is 1. The van der Waals surface area contributed by atoms with Crippen LogP contribution in [0.3, 0.4) is 0 Å². The molecule has 0 bridgehead atoms. The van der Waals surface area contributed by atoms with Crippen LogP contribution in [0.2, 0.25) is 0 Å². The van der Waals surface area contributed by atoms with Crippen molar-refractivity contribution in [2.45, 2.75) is 56.8 Å². The largest absolute Gasteiger partial charge is 0.378 e. The van der Waals surface area contributed by atoms with Crippen LogP contribution < -0.4 is 0 Å². The second-order valence-electron chi connectivity index (χ2n) is 4.11. The van der Waals surface area contributed by atoms with Crippen molar-refractivity contribution in [2.75, 3.05) is 0 Å². The highest BCUT2D eigenvalue weighted by Crippen LogP contribution is 2.27. The van der Waals surface area contributed by atoms with Crippen molar-refractivity contribution in [2.24, 2.45) is 0 Å². The van der Waals surface area contributed by atoms with Gasteiger partial charge in [0.05, 0.1) is 5.25 Å². The van der Waals surface area contributed by atoms with Gasteiger partial charge in [-0.1, -0.05) is 30.0 Å². The highest BCUT2D eigenvalue weighted by molar-refractivity contribution is 8.14. The van der Waals surface area contributed by atoms with E-state index in [1.54, 1.807) is 0 Å². The maximum atomic E-state index is 10.8. The minimum atomic E-state index is -0.788. The van der Waals surface area contributed by atoms with Crippen LogP contribution in [0.1, 0.15) is 46.0 Å². The van der Waals surface area contributed by atoms with Gasteiger partial charge in [-0.05, 0) is 32.6 Å². The molecule has 15 heavy (non-hydrogen) atoms. The number of carbonyl (C=O) groups is 1. The molecule has 0 aliphatic heterocycles. The monoisotopic (exact) mass is 226 g/mol. The maximum absolute atomic E-state index is 10.8. The Morgan fingerprint density at radius 3 is 2.53 bits per heavy atom. The molecule has 0 saturated heterocycles. The molecule has 0 spiro atoms. The van der Waals surface area contributed by atoms with Crippen LogP contribution >= 0.6 is 11.8 Å². The summed E-state index contributed by atoms with van der Waals surface area (Å²) >= 11 is 1.22. The van der Waals surface area contributed by atoms with Gasteiger partial charge < -0.3 is 5.11 Å². The van der Waals surface area contributed by atoms with Gasteiger partial charge in [0.25, 0.3) is 0 Å². The molecule has 1 N–H and O–H groups in total. The minimum absolute atomic E-state index is 0.0200. The van der Waals surface area contributed by atoms with E-state index in [0.29, 0.717) is 0 Å². The molecule has 0 heterocycles. The van der Waals surface area contributed by atoms with Crippen molar-refractivity contribution < 1.29 is 9.90 Å². The quantitative estimate of drug-likeness (QED) is 0.697. The van der Waals surface area contributed by atoms with Crippen LogP contribution in [0.5, 0.6) is 0 Å². The fraction of sp³-hybridized carbons (Fsp3) is 0.750. The van der Waals surface area contributed by atoms with Gasteiger partial charge in [0.15, 0.2) is 5.12 Å². The Kier molecular flexibility index (Phi) is 4.69. The summed E-state index contributed by atoms with van der Waals surface area (Å²) in [6, 6.07) is 0. The molecule has 2 nitrogen and oxygen atoms in total. The van der Waals surface area contributed by atoms with Crippen LogP contribution in [0.15, 0.2) is 0 Å². The number of rotatable bonds is 1. The zero-order valence-electron chi connectivity index (χ0n) is 9.38. The lowest BCUT2D eigenvalue weighted by Gasteiger charge is -2.26. The highest BCUT2D eigenvalue weighted by Gasteiger charge is 2.26. The van der Waals surface area contributed by atoms with E-state index < -0.39 is 5.60 Å². The topological polar surface area (TPSA) is 37.3 Å². The molecule has 0 radical (unpaired) electrons. The Bertz CT molecular complexity index is 282. The molecule has 3 heteroatoms. The van der Waals surface area contributed by atoms with Gasteiger partial charge >= 0.3 is 0 Å². The fourth-order valence-electron chi connectivity index (χ4n) is 1.78. The predicted molar refractivity (Wildman–Crippen MR) is 63.5 cm³/mol. The molecule has 0 aromatic carbocycles. The Morgan fingerprint density at radius 2 is 2.00 bits per heavy atom. The van der Waals surface area contributed by atoms with Crippen molar-refractivity contribution in [1.29, 1.82) is 0 Å². The molecule has 1 atom stereocenters. The van der Waals surface area contributed by atoms with Crippen molar-refractivity contribution in [3.63, 3.8) is 0 Å². The third-order valence-electron chi connectivity index (χ3n) is 2.53. The van der Waals surface area contributed by atoms with Gasteiger partial charge in [0, 0.05) is 6.92 Å². The summed E-state index contributed by atoms with van der Waals surface area (Å²) in [4.78, 5) is 10.8. The van der Waals surface area contributed by atoms with Crippen LogP contribution in [0, 0.1) is 11.8 Å². The lowest BCUT2D eigenvalue weighted by molar-refractivity contribution is -0.109. The van der Waals surface area contributed by atoms with Crippen LogP contribution in [0.4, 0.5) is 0 Å². The third-order valence-corrected chi connectivity index (χ3v) is 3.33. The summed E-state index contributed by atoms with van der Waals surface area (Å²) in [6.45, 7) is 3.43. The Morgan fingerprint density at radius 1 is 1.40 bits per heavy atom. The SMILES string of the molecule is CC(=O)SC(C)C#CC1(O)CCCCC1. The molecule has 1 saturated carbocycles. The van der Waals surface area contributed by atoms with Crippen molar-refractivity contribution in [3.8, 4) is 11.8 Å². The van der Waals surface area contributed by atoms with E-state index >= 15 is 0 Å². The summed E-state index contributed by atoms with van der Waals surface area (Å²) < 4.78 is 0. The predicted octanol–water partition coefficient (Wildman–Crippen LogP) is 2.35. The smallest absolute Gasteiger partial charge is 0.187 e. The van der Waals surface area contributed by atoms with E-state index in [1.165, 1.54) is 25.1 Å². The first kappa shape index (κ1) is 12.6. The van der Waals surface area contributed by atoms with E-state index in [4.69, 9.17) is 0 Å². The first-order chi connectivity index (χ1) is 7.02. The normalized spacial score (nSPS) is 21.3. The Hall–Kier alpha value is -0.460. The molecule has 0 aromatic heterocycles. The van der Waals surface area contributed by atoms with Gasteiger partial charge in [-0.3, -0.25) is 4.79 Å².